The zero-order valence-electron chi connectivity index (χ0n) is 15.2. The van der Waals surface area contributed by atoms with Crippen LogP contribution >= 0.6 is 0 Å². The van der Waals surface area contributed by atoms with Crippen molar-refractivity contribution < 1.29 is 58.5 Å². The first-order chi connectivity index (χ1) is 12.8. The summed E-state index contributed by atoms with van der Waals surface area (Å²) in [6, 6.07) is -2.91. The summed E-state index contributed by atoms with van der Waals surface area (Å²) in [7, 11) is 0. The van der Waals surface area contributed by atoms with Crippen LogP contribution in [-0.4, -0.2) is 141 Å². The van der Waals surface area contributed by atoms with E-state index in [2.05, 4.69) is 0 Å². The summed E-state index contributed by atoms with van der Waals surface area (Å²) in [6.45, 7) is -6.24. The third kappa shape index (κ3) is 3.68. The number of carbonyl (C=O) groups is 3. The van der Waals surface area contributed by atoms with Gasteiger partial charge in [-0.3, -0.25) is 0 Å². The lowest BCUT2D eigenvalue weighted by Gasteiger charge is -2.47. The Morgan fingerprint density at radius 2 is 0.556 bits per heavy atom. The van der Waals surface area contributed by atoms with E-state index in [9.17, 15) is 45.0 Å². The van der Waals surface area contributed by atoms with Crippen LogP contribution in [0.5, 0.6) is 0 Å². The highest BCUT2D eigenvalue weighted by Crippen LogP contribution is 2.35. The van der Waals surface area contributed by atoms with Crippen molar-refractivity contribution in [2.24, 2.45) is 0 Å². The van der Waals surface area contributed by atoms with E-state index in [0.29, 0.717) is 0 Å². The average Bonchev–Trinajstić information content (AvgIpc) is 2.64. The molecule has 0 radical (unpaired) electrons. The van der Waals surface area contributed by atoms with Crippen LogP contribution in [0.25, 0.3) is 0 Å². The van der Waals surface area contributed by atoms with Crippen molar-refractivity contribution in [3.8, 4) is 0 Å². The van der Waals surface area contributed by atoms with Crippen LogP contribution in [0.3, 0.4) is 0 Å². The third-order valence-corrected chi connectivity index (χ3v) is 5.09. The Bertz CT molecular complexity index is 437. The number of carbonyl (C=O) groups excluding carboxylic acids is 3. The minimum Gasteiger partial charge on any atom is -0.390 e. The van der Waals surface area contributed by atoms with Gasteiger partial charge in [0.05, 0.1) is 39.6 Å². The van der Waals surface area contributed by atoms with E-state index in [1.54, 1.807) is 0 Å². The molecule has 1 saturated heterocycles. The number of aliphatic hydroxyl groups excluding tert-OH is 6. The Hall–Kier alpha value is -1.35. The molecule has 0 aromatic heterocycles. The molecule has 156 valence electrons. The van der Waals surface area contributed by atoms with E-state index in [-0.39, 0.29) is 0 Å². The van der Waals surface area contributed by atoms with Gasteiger partial charge in [0, 0.05) is 0 Å². The van der Waals surface area contributed by atoms with Crippen LogP contribution in [-0.2, 0) is 0 Å². The number of quaternary nitrogens is 3. The van der Waals surface area contributed by atoms with Crippen molar-refractivity contribution in [3.05, 3.63) is 0 Å². The highest BCUT2D eigenvalue weighted by Gasteiger charge is 2.78. The maximum absolute atomic E-state index is 13.4. The van der Waals surface area contributed by atoms with Gasteiger partial charge in [-0.1, -0.05) is 13.4 Å². The summed E-state index contributed by atoms with van der Waals surface area (Å²) in [5.74, 6) is 0. The van der Waals surface area contributed by atoms with Gasteiger partial charge in [0.15, 0.2) is 0 Å². The Kier molecular flexibility index (Phi) is 8.53. The van der Waals surface area contributed by atoms with Crippen molar-refractivity contribution in [2.45, 2.75) is 0 Å². The van der Waals surface area contributed by atoms with Gasteiger partial charge in [0.2, 0.25) is 0 Å². The first kappa shape index (κ1) is 23.7. The molecule has 0 saturated carbocycles. The number of urea groups is 3. The quantitative estimate of drug-likeness (QED) is 0.185. The first-order valence-electron chi connectivity index (χ1n) is 8.75. The topological polar surface area (TPSA) is 173 Å². The number of hydrogen-bond acceptors (Lipinski definition) is 9. The monoisotopic (exact) mass is 396 g/mol. The summed E-state index contributed by atoms with van der Waals surface area (Å²) in [6.07, 6.45) is 0. The van der Waals surface area contributed by atoms with Gasteiger partial charge in [-0.25, -0.2) is 0 Å². The van der Waals surface area contributed by atoms with E-state index >= 15 is 0 Å². The van der Waals surface area contributed by atoms with Gasteiger partial charge in [-0.15, -0.1) is 0 Å². The van der Waals surface area contributed by atoms with Crippen LogP contribution in [0.15, 0.2) is 0 Å². The number of rotatable bonds is 12. The van der Waals surface area contributed by atoms with Crippen molar-refractivity contribution in [2.75, 3.05) is 78.9 Å². The number of hydrogen-bond donors (Lipinski definition) is 6. The lowest BCUT2D eigenvalue weighted by atomic mass is 10.2. The SMILES string of the molecule is O=C1[N+](CCO)(CCO)C(=O)[N+](CCO)(CCO)C(=O)[N+]1(CCO)CCO. The minimum atomic E-state index is -1.10. The van der Waals surface area contributed by atoms with Crippen LogP contribution in [0, 0.1) is 0 Å². The van der Waals surface area contributed by atoms with E-state index in [4.69, 9.17) is 0 Å². The van der Waals surface area contributed by atoms with Crippen molar-refractivity contribution in [3.63, 3.8) is 0 Å². The summed E-state index contributed by atoms with van der Waals surface area (Å²) < 4.78 is -3.30. The molecule has 12 nitrogen and oxygen atoms in total. The lowest BCUT2D eigenvalue weighted by molar-refractivity contribution is -1.02. The molecule has 1 aliphatic heterocycles. The van der Waals surface area contributed by atoms with Gasteiger partial charge in [0.1, 0.15) is 39.3 Å². The first-order valence-corrected chi connectivity index (χ1v) is 8.75. The largest absolute Gasteiger partial charge is 0.539 e. The molecule has 1 rings (SSSR count). The molecule has 27 heavy (non-hydrogen) atoms. The highest BCUT2D eigenvalue weighted by atomic mass is 16.3. The van der Waals surface area contributed by atoms with Crippen LogP contribution in [0.4, 0.5) is 14.4 Å². The number of nitrogens with zero attached hydrogens (tertiary/aromatic N) is 3. The Morgan fingerprint density at radius 1 is 0.407 bits per heavy atom. The average molecular weight is 396 g/mol. The predicted molar refractivity (Wildman–Crippen MR) is 88.7 cm³/mol. The summed E-state index contributed by atoms with van der Waals surface area (Å²) in [5, 5.41) is 56.8. The van der Waals surface area contributed by atoms with Crippen molar-refractivity contribution in [1.29, 1.82) is 0 Å². The molecular weight excluding hydrogens is 366 g/mol. The zero-order chi connectivity index (χ0) is 20.7. The molecule has 0 aromatic carbocycles. The Labute approximate surface area is 156 Å². The van der Waals surface area contributed by atoms with Gasteiger partial charge in [-0.2, -0.15) is 14.4 Å². The Morgan fingerprint density at radius 3 is 0.667 bits per heavy atom. The second-order valence-electron chi connectivity index (χ2n) is 6.43. The van der Waals surface area contributed by atoms with Gasteiger partial charge >= 0.3 is 18.1 Å². The predicted octanol–water partition coefficient (Wildman–Crippen LogP) is -3.24. The molecule has 0 atom stereocenters. The summed E-state index contributed by atoms with van der Waals surface area (Å²) in [5.41, 5.74) is 0. The molecule has 1 fully saturated rings. The lowest BCUT2D eigenvalue weighted by Crippen LogP contribution is -2.87. The molecule has 0 bridgehead atoms. The third-order valence-electron chi connectivity index (χ3n) is 5.09. The zero-order valence-corrected chi connectivity index (χ0v) is 15.2. The molecule has 6 amide bonds. The molecule has 0 aliphatic carbocycles. The normalized spacial score (nSPS) is 20.9. The van der Waals surface area contributed by atoms with Gasteiger partial charge in [-0.05, 0) is 0 Å². The molecule has 1 heterocycles. The van der Waals surface area contributed by atoms with Crippen LogP contribution in [0.1, 0.15) is 0 Å². The van der Waals surface area contributed by atoms with Crippen LogP contribution in [0.2, 0.25) is 0 Å². The molecule has 6 N–H and O–H groups in total. The van der Waals surface area contributed by atoms with Crippen molar-refractivity contribution >= 4 is 18.1 Å². The second kappa shape index (κ2) is 9.73. The van der Waals surface area contributed by atoms with E-state index in [0.717, 1.165) is 0 Å². The standard InChI is InChI=1S/C15H30N3O9/c19-7-1-16(2-8-20)13(25)17(3-9-21,4-10-22)15(27)18(5-11-23,6-12-24)14(16)26/h19-24H,1-12H2/q+3. The maximum Gasteiger partial charge on any atom is 0.539 e. The molecule has 0 unspecified atom stereocenters. The maximum atomic E-state index is 13.4. The van der Waals surface area contributed by atoms with Crippen LogP contribution < -0.4 is 0 Å². The fraction of sp³-hybridized carbons (Fsp3) is 0.800. The minimum absolute atomic E-state index is 0.431. The van der Waals surface area contributed by atoms with E-state index < -0.39 is 110 Å². The van der Waals surface area contributed by atoms with E-state index in [1.165, 1.54) is 0 Å². The number of imide groups is 3. The molecule has 1 aliphatic rings. The fourth-order valence-electron chi connectivity index (χ4n) is 3.85. The fourth-order valence-corrected chi connectivity index (χ4v) is 3.85. The molecular formula is C15H30N3O9+3. The van der Waals surface area contributed by atoms with E-state index in [1.807, 2.05) is 0 Å². The Balaban J connectivity index is 3.83. The van der Waals surface area contributed by atoms with Crippen molar-refractivity contribution in [1.82, 2.24) is 0 Å². The van der Waals surface area contributed by atoms with Gasteiger partial charge in [0.25, 0.3) is 0 Å². The molecule has 0 aromatic rings. The second-order valence-corrected chi connectivity index (χ2v) is 6.43. The highest BCUT2D eigenvalue weighted by molar-refractivity contribution is 5.91. The smallest absolute Gasteiger partial charge is 0.390 e. The molecule has 0 spiro atoms. The summed E-state index contributed by atoms with van der Waals surface area (Å²) in [4.78, 5) is 40.1. The number of aliphatic hydroxyl groups is 6. The van der Waals surface area contributed by atoms with Gasteiger partial charge < -0.3 is 30.6 Å². The number of amides is 6. The molecule has 12 heteroatoms. The summed E-state index contributed by atoms with van der Waals surface area (Å²) >= 11 is 0.